The van der Waals surface area contributed by atoms with Crippen LogP contribution in [0, 0.1) is 23.0 Å². The summed E-state index contributed by atoms with van der Waals surface area (Å²) in [5, 5.41) is 10.4. The number of carbonyl (C=O) groups excluding carboxylic acids is 1. The number of rotatable bonds is 4. The smallest absolute Gasteiger partial charge is 0.258 e. The van der Waals surface area contributed by atoms with Gasteiger partial charge in [0.05, 0.1) is 6.07 Å². The van der Waals surface area contributed by atoms with Gasteiger partial charge >= 0.3 is 0 Å². The third-order valence-electron chi connectivity index (χ3n) is 1.68. The molecule has 90 valence electrons. The van der Waals surface area contributed by atoms with Crippen molar-refractivity contribution in [2.24, 2.45) is 0 Å². The summed E-state index contributed by atoms with van der Waals surface area (Å²) < 4.78 is 31.2. The minimum atomic E-state index is -1.17. The van der Waals surface area contributed by atoms with Crippen LogP contribution in [0.5, 0.6) is 5.75 Å². The zero-order chi connectivity index (χ0) is 12.8. The Morgan fingerprint density at radius 2 is 2.24 bits per heavy atom. The van der Waals surface area contributed by atoms with Crippen LogP contribution in [0.2, 0.25) is 0 Å². The second-order valence-electron chi connectivity index (χ2n) is 2.92. The molecule has 0 aliphatic heterocycles. The van der Waals surface area contributed by atoms with E-state index in [1.54, 1.807) is 6.07 Å². The van der Waals surface area contributed by atoms with Crippen molar-refractivity contribution in [3.8, 4) is 11.8 Å². The van der Waals surface area contributed by atoms with Gasteiger partial charge in [0.25, 0.3) is 5.91 Å². The molecule has 0 bridgehead atoms. The molecular weight excluding hydrogens is 298 g/mol. The molecule has 0 aliphatic carbocycles. The highest BCUT2D eigenvalue weighted by molar-refractivity contribution is 9.10. The number of halogens is 3. The number of amides is 1. The van der Waals surface area contributed by atoms with Crippen LogP contribution >= 0.6 is 15.9 Å². The zero-order valence-electron chi connectivity index (χ0n) is 8.47. The molecule has 0 atom stereocenters. The molecule has 0 aliphatic rings. The van der Waals surface area contributed by atoms with Crippen LogP contribution in [0.3, 0.4) is 0 Å². The largest absolute Gasteiger partial charge is 0.481 e. The van der Waals surface area contributed by atoms with E-state index < -0.39 is 24.1 Å². The lowest BCUT2D eigenvalue weighted by Gasteiger charge is -2.07. The van der Waals surface area contributed by atoms with Gasteiger partial charge in [-0.05, 0) is 12.1 Å². The van der Waals surface area contributed by atoms with Gasteiger partial charge in [0.2, 0.25) is 5.82 Å². The molecule has 0 saturated carbocycles. The summed E-state index contributed by atoms with van der Waals surface area (Å²) in [6, 6.07) is 3.84. The number of carbonyl (C=O) groups is 1. The lowest BCUT2D eigenvalue weighted by atomic mass is 10.3. The fourth-order valence-corrected chi connectivity index (χ4v) is 1.38. The molecule has 17 heavy (non-hydrogen) atoms. The van der Waals surface area contributed by atoms with Gasteiger partial charge in [-0.2, -0.15) is 9.65 Å². The Labute approximate surface area is 104 Å². The van der Waals surface area contributed by atoms with Crippen molar-refractivity contribution in [2.45, 2.75) is 0 Å². The maximum absolute atomic E-state index is 13.2. The molecule has 1 rings (SSSR count). The van der Waals surface area contributed by atoms with E-state index in [1.807, 2.05) is 0 Å². The van der Waals surface area contributed by atoms with Crippen molar-refractivity contribution in [3.05, 3.63) is 28.2 Å². The van der Waals surface area contributed by atoms with Crippen LogP contribution in [-0.4, -0.2) is 19.1 Å². The van der Waals surface area contributed by atoms with Gasteiger partial charge in [0.1, 0.15) is 6.54 Å². The predicted molar refractivity (Wildman–Crippen MR) is 58.2 cm³/mol. The lowest BCUT2D eigenvalue weighted by Crippen LogP contribution is -2.29. The van der Waals surface area contributed by atoms with Crippen LogP contribution < -0.4 is 10.1 Å². The predicted octanol–water partition coefficient (Wildman–Crippen LogP) is 1.75. The summed E-state index contributed by atoms with van der Waals surface area (Å²) in [5.74, 6) is -3.21. The SMILES string of the molecule is N#CCNC(=O)COc1cc(Br)cc(F)c1F. The molecule has 0 fully saturated rings. The van der Waals surface area contributed by atoms with Crippen molar-refractivity contribution in [1.29, 1.82) is 5.26 Å². The molecule has 1 N–H and O–H groups in total. The third kappa shape index (κ3) is 4.00. The Morgan fingerprint density at radius 1 is 1.53 bits per heavy atom. The molecule has 1 aromatic rings. The van der Waals surface area contributed by atoms with E-state index in [9.17, 15) is 13.6 Å². The highest BCUT2D eigenvalue weighted by Gasteiger charge is 2.12. The third-order valence-corrected chi connectivity index (χ3v) is 2.14. The quantitative estimate of drug-likeness (QED) is 0.681. The first-order valence-corrected chi connectivity index (χ1v) is 5.25. The van der Waals surface area contributed by atoms with Crippen molar-refractivity contribution in [3.63, 3.8) is 0 Å². The van der Waals surface area contributed by atoms with Crippen molar-refractivity contribution in [1.82, 2.24) is 5.32 Å². The molecule has 0 aromatic heterocycles. The first-order valence-electron chi connectivity index (χ1n) is 4.45. The van der Waals surface area contributed by atoms with Crippen LogP contribution in [0.15, 0.2) is 16.6 Å². The summed E-state index contributed by atoms with van der Waals surface area (Å²) in [6.07, 6.45) is 0. The number of hydrogen-bond donors (Lipinski definition) is 1. The minimum absolute atomic E-state index is 0.169. The molecule has 4 nitrogen and oxygen atoms in total. The van der Waals surface area contributed by atoms with Crippen LogP contribution in [-0.2, 0) is 4.79 Å². The number of benzene rings is 1. The Morgan fingerprint density at radius 3 is 2.88 bits per heavy atom. The molecule has 0 saturated heterocycles. The lowest BCUT2D eigenvalue weighted by molar-refractivity contribution is -0.122. The highest BCUT2D eigenvalue weighted by Crippen LogP contribution is 2.25. The number of hydrogen-bond acceptors (Lipinski definition) is 3. The number of nitrogens with zero attached hydrogens (tertiary/aromatic N) is 1. The van der Waals surface area contributed by atoms with E-state index in [1.165, 1.54) is 6.07 Å². The summed E-state index contributed by atoms with van der Waals surface area (Å²) in [6.45, 7) is -0.661. The van der Waals surface area contributed by atoms with E-state index >= 15 is 0 Å². The minimum Gasteiger partial charge on any atom is -0.481 e. The van der Waals surface area contributed by atoms with Crippen molar-refractivity contribution >= 4 is 21.8 Å². The molecule has 0 spiro atoms. The number of ether oxygens (including phenoxy) is 1. The first kappa shape index (κ1) is 13.4. The Bertz CT molecular complexity index is 474. The average molecular weight is 305 g/mol. The monoisotopic (exact) mass is 304 g/mol. The van der Waals surface area contributed by atoms with Gasteiger partial charge in [-0.25, -0.2) is 4.39 Å². The van der Waals surface area contributed by atoms with Gasteiger partial charge in [-0.1, -0.05) is 15.9 Å². The summed E-state index contributed by atoms with van der Waals surface area (Å²) in [4.78, 5) is 11.0. The van der Waals surface area contributed by atoms with Crippen molar-refractivity contribution < 1.29 is 18.3 Å². The highest BCUT2D eigenvalue weighted by atomic mass is 79.9. The second-order valence-corrected chi connectivity index (χ2v) is 3.84. The van der Waals surface area contributed by atoms with Crippen LogP contribution in [0.4, 0.5) is 8.78 Å². The standard InChI is InChI=1S/C10H7BrF2N2O2/c11-6-3-7(12)10(13)8(4-6)17-5-9(16)15-2-1-14/h3-4H,2,5H2,(H,15,16). The van der Waals surface area contributed by atoms with E-state index in [4.69, 9.17) is 10.00 Å². The Hall–Kier alpha value is -1.68. The Kier molecular flexibility index (Phi) is 4.84. The summed E-state index contributed by atoms with van der Waals surface area (Å²) in [7, 11) is 0. The molecule has 0 radical (unpaired) electrons. The van der Waals surface area contributed by atoms with Gasteiger partial charge in [0, 0.05) is 4.47 Å². The second kappa shape index (κ2) is 6.15. The number of nitriles is 1. The molecular formula is C10H7BrF2N2O2. The fourth-order valence-electron chi connectivity index (χ4n) is 0.970. The molecule has 7 heteroatoms. The van der Waals surface area contributed by atoms with Crippen LogP contribution in [0.25, 0.3) is 0 Å². The molecule has 1 amide bonds. The van der Waals surface area contributed by atoms with Gasteiger partial charge in [0.15, 0.2) is 18.2 Å². The number of nitrogens with one attached hydrogen (secondary N) is 1. The van der Waals surface area contributed by atoms with E-state index in [0.717, 1.165) is 6.07 Å². The first-order chi connectivity index (χ1) is 8.04. The van der Waals surface area contributed by atoms with Crippen molar-refractivity contribution in [2.75, 3.05) is 13.2 Å². The maximum Gasteiger partial charge on any atom is 0.258 e. The summed E-state index contributed by atoms with van der Waals surface area (Å²) >= 11 is 2.97. The average Bonchev–Trinajstić information content (AvgIpc) is 2.29. The fraction of sp³-hybridized carbons (Fsp3) is 0.200. The van der Waals surface area contributed by atoms with E-state index in [2.05, 4.69) is 21.2 Å². The van der Waals surface area contributed by atoms with Crippen LogP contribution in [0.1, 0.15) is 0 Å². The topological polar surface area (TPSA) is 62.1 Å². The van der Waals surface area contributed by atoms with Gasteiger partial charge in [-0.3, -0.25) is 4.79 Å². The Balaban J connectivity index is 2.64. The molecule has 0 heterocycles. The van der Waals surface area contributed by atoms with Gasteiger partial charge < -0.3 is 10.1 Å². The van der Waals surface area contributed by atoms with E-state index in [-0.39, 0.29) is 12.3 Å². The maximum atomic E-state index is 13.2. The zero-order valence-corrected chi connectivity index (χ0v) is 10.1. The molecule has 0 unspecified atom stereocenters. The summed E-state index contributed by atoms with van der Waals surface area (Å²) in [5.41, 5.74) is 0. The normalized spacial score (nSPS) is 9.53. The molecule has 1 aromatic carbocycles. The van der Waals surface area contributed by atoms with Gasteiger partial charge in [-0.15, -0.1) is 0 Å². The van der Waals surface area contributed by atoms with E-state index in [0.29, 0.717) is 4.47 Å².